The molecule has 0 aliphatic carbocycles. The van der Waals surface area contributed by atoms with Crippen molar-refractivity contribution in [2.75, 3.05) is 16.8 Å². The van der Waals surface area contributed by atoms with E-state index in [-0.39, 0.29) is 27.1 Å². The van der Waals surface area contributed by atoms with E-state index in [0.717, 1.165) is 6.42 Å². The lowest BCUT2D eigenvalue weighted by molar-refractivity contribution is 0.0997. The molecular formula is C21H29N5O3S. The number of sulfone groups is 1. The first-order valence-electron chi connectivity index (χ1n) is 9.98. The minimum atomic E-state index is -4.09. The van der Waals surface area contributed by atoms with Crippen molar-refractivity contribution in [3.05, 3.63) is 36.0 Å². The van der Waals surface area contributed by atoms with Gasteiger partial charge in [0.2, 0.25) is 9.84 Å². The van der Waals surface area contributed by atoms with Crippen molar-refractivity contribution >= 4 is 27.4 Å². The number of nitrogens with one attached hydrogen (secondary N) is 1. The number of anilines is 2. The third kappa shape index (κ3) is 4.12. The van der Waals surface area contributed by atoms with Gasteiger partial charge in [0.25, 0.3) is 5.91 Å². The number of nitrogens with zero attached hydrogens (tertiary/aromatic N) is 3. The van der Waals surface area contributed by atoms with Crippen molar-refractivity contribution in [2.24, 2.45) is 11.7 Å². The minimum absolute atomic E-state index is 0.0866. The Kier molecular flexibility index (Phi) is 5.77. The van der Waals surface area contributed by atoms with Crippen LogP contribution in [0, 0.1) is 5.92 Å². The Morgan fingerprint density at radius 3 is 2.57 bits per heavy atom. The van der Waals surface area contributed by atoms with E-state index >= 15 is 0 Å². The van der Waals surface area contributed by atoms with E-state index in [2.05, 4.69) is 22.2 Å². The van der Waals surface area contributed by atoms with Crippen LogP contribution < -0.4 is 16.0 Å². The van der Waals surface area contributed by atoms with Crippen molar-refractivity contribution in [3.8, 4) is 0 Å². The second kappa shape index (κ2) is 7.86. The molecule has 3 heterocycles. The fourth-order valence-corrected chi connectivity index (χ4v) is 5.51. The molecule has 2 aromatic rings. The summed E-state index contributed by atoms with van der Waals surface area (Å²) in [6.07, 6.45) is 2.30. The normalized spacial score (nSPS) is 18.6. The number of amides is 1. The molecule has 1 amide bonds. The Hall–Kier alpha value is -2.68. The van der Waals surface area contributed by atoms with Crippen LogP contribution in [-0.2, 0) is 9.84 Å². The highest BCUT2D eigenvalue weighted by Gasteiger charge is 2.40. The van der Waals surface area contributed by atoms with Crippen LogP contribution in [0.4, 0.5) is 11.6 Å². The van der Waals surface area contributed by atoms with Crippen molar-refractivity contribution in [3.63, 3.8) is 0 Å². The summed E-state index contributed by atoms with van der Waals surface area (Å²) in [6, 6.07) is 6.12. The molecule has 2 aromatic heterocycles. The maximum absolute atomic E-state index is 13.4. The molecular weight excluding hydrogens is 402 g/mol. The Balaban J connectivity index is 2.16. The predicted octanol–water partition coefficient (Wildman–Crippen LogP) is 2.85. The van der Waals surface area contributed by atoms with E-state index < -0.39 is 15.7 Å². The van der Waals surface area contributed by atoms with E-state index in [1.54, 1.807) is 12.1 Å². The molecule has 1 saturated heterocycles. The van der Waals surface area contributed by atoms with Crippen LogP contribution in [0.25, 0.3) is 0 Å². The fraction of sp³-hybridized carbons (Fsp3) is 0.476. The monoisotopic (exact) mass is 431 g/mol. The smallest absolute Gasteiger partial charge is 0.253 e. The highest BCUT2D eigenvalue weighted by Crippen LogP contribution is 2.39. The van der Waals surface area contributed by atoms with Gasteiger partial charge in [-0.2, -0.15) is 0 Å². The molecule has 0 aromatic carbocycles. The lowest BCUT2D eigenvalue weighted by Crippen LogP contribution is -2.40. The first kappa shape index (κ1) is 22.0. The first-order chi connectivity index (χ1) is 13.9. The summed E-state index contributed by atoms with van der Waals surface area (Å²) in [5.74, 6) is 0.289. The molecule has 0 radical (unpaired) electrons. The van der Waals surface area contributed by atoms with Crippen LogP contribution in [-0.4, -0.2) is 42.4 Å². The molecule has 162 valence electrons. The summed E-state index contributed by atoms with van der Waals surface area (Å²) in [6.45, 7) is 10.7. The average Bonchev–Trinajstić information content (AvgIpc) is 2.92. The average molecular weight is 432 g/mol. The SMILES string of the molecule is CC1CN(c2nccc(S(=O)(=O)c3cccc(NC(C)C)n3)c2C(N)=O)C(C)(C)C1. The van der Waals surface area contributed by atoms with Gasteiger partial charge in [0.15, 0.2) is 5.03 Å². The van der Waals surface area contributed by atoms with Gasteiger partial charge in [-0.25, -0.2) is 18.4 Å². The third-order valence-electron chi connectivity index (χ3n) is 5.19. The standard InChI is InChI=1S/C21H29N5O3S/c1-13(2)24-16-7-6-8-17(25-16)30(28,29)15-9-10-23-20(18(15)19(22)27)26-12-14(3)11-21(26,4)5/h6-10,13-14H,11-12H2,1-5H3,(H2,22,27)(H,24,25). The van der Waals surface area contributed by atoms with Crippen molar-refractivity contribution in [1.82, 2.24) is 9.97 Å². The van der Waals surface area contributed by atoms with Gasteiger partial charge in [-0.05, 0) is 58.2 Å². The van der Waals surface area contributed by atoms with Crippen LogP contribution in [0.1, 0.15) is 51.4 Å². The molecule has 1 atom stereocenters. The number of rotatable bonds is 6. The summed E-state index contributed by atoms with van der Waals surface area (Å²) in [5, 5.41) is 2.94. The molecule has 1 aliphatic heterocycles. The van der Waals surface area contributed by atoms with Gasteiger partial charge in [-0.15, -0.1) is 0 Å². The Labute approximate surface area is 177 Å². The second-order valence-corrected chi connectivity index (χ2v) is 10.6. The van der Waals surface area contributed by atoms with E-state index in [0.29, 0.717) is 24.1 Å². The van der Waals surface area contributed by atoms with Crippen LogP contribution in [0.3, 0.4) is 0 Å². The van der Waals surface area contributed by atoms with Gasteiger partial charge in [0.05, 0.1) is 4.90 Å². The van der Waals surface area contributed by atoms with Crippen LogP contribution in [0.5, 0.6) is 0 Å². The molecule has 3 N–H and O–H groups in total. The van der Waals surface area contributed by atoms with Crippen molar-refractivity contribution in [1.29, 1.82) is 0 Å². The number of nitrogens with two attached hydrogens (primary N) is 1. The Bertz CT molecular complexity index is 1070. The number of primary amides is 1. The van der Waals surface area contributed by atoms with E-state index in [9.17, 15) is 13.2 Å². The van der Waals surface area contributed by atoms with Gasteiger partial charge < -0.3 is 16.0 Å². The Morgan fingerprint density at radius 1 is 1.30 bits per heavy atom. The van der Waals surface area contributed by atoms with Gasteiger partial charge in [0.1, 0.15) is 17.2 Å². The Morgan fingerprint density at radius 2 is 2.00 bits per heavy atom. The van der Waals surface area contributed by atoms with Crippen LogP contribution >= 0.6 is 0 Å². The second-order valence-electron chi connectivity index (χ2n) is 8.77. The zero-order valence-corrected chi connectivity index (χ0v) is 18.8. The van der Waals surface area contributed by atoms with Gasteiger partial charge in [0, 0.05) is 24.3 Å². The molecule has 8 nitrogen and oxygen atoms in total. The number of hydrogen-bond acceptors (Lipinski definition) is 7. The maximum Gasteiger partial charge on any atom is 0.253 e. The number of carbonyl (C=O) groups excluding carboxylic acids is 1. The zero-order chi connectivity index (χ0) is 22.3. The summed E-state index contributed by atoms with van der Waals surface area (Å²) in [7, 11) is -4.09. The lowest BCUT2D eigenvalue weighted by Gasteiger charge is -2.33. The number of carbonyl (C=O) groups is 1. The number of hydrogen-bond donors (Lipinski definition) is 2. The van der Waals surface area contributed by atoms with Crippen LogP contribution in [0.2, 0.25) is 0 Å². The van der Waals surface area contributed by atoms with Crippen molar-refractivity contribution < 1.29 is 13.2 Å². The molecule has 30 heavy (non-hydrogen) atoms. The van der Waals surface area contributed by atoms with E-state index in [4.69, 9.17) is 5.73 Å². The summed E-state index contributed by atoms with van der Waals surface area (Å²) >= 11 is 0. The van der Waals surface area contributed by atoms with Crippen LogP contribution in [0.15, 0.2) is 40.4 Å². The highest BCUT2D eigenvalue weighted by atomic mass is 32.2. The largest absolute Gasteiger partial charge is 0.368 e. The minimum Gasteiger partial charge on any atom is -0.368 e. The molecule has 0 bridgehead atoms. The number of aromatic nitrogens is 2. The highest BCUT2D eigenvalue weighted by molar-refractivity contribution is 7.91. The zero-order valence-electron chi connectivity index (χ0n) is 18.0. The summed E-state index contributed by atoms with van der Waals surface area (Å²) < 4.78 is 26.9. The third-order valence-corrected chi connectivity index (χ3v) is 6.89. The van der Waals surface area contributed by atoms with Gasteiger partial charge in [-0.3, -0.25) is 4.79 Å². The lowest BCUT2D eigenvalue weighted by atomic mass is 9.97. The van der Waals surface area contributed by atoms with Gasteiger partial charge >= 0.3 is 0 Å². The molecule has 1 unspecified atom stereocenters. The predicted molar refractivity (Wildman–Crippen MR) is 116 cm³/mol. The van der Waals surface area contributed by atoms with E-state index in [1.165, 1.54) is 18.3 Å². The molecule has 1 fully saturated rings. The number of pyridine rings is 2. The maximum atomic E-state index is 13.4. The molecule has 0 saturated carbocycles. The first-order valence-corrected chi connectivity index (χ1v) is 11.5. The quantitative estimate of drug-likeness (QED) is 0.722. The summed E-state index contributed by atoms with van der Waals surface area (Å²) in [4.78, 5) is 22.8. The molecule has 0 spiro atoms. The molecule has 1 aliphatic rings. The van der Waals surface area contributed by atoms with Crippen molar-refractivity contribution in [2.45, 2.75) is 62.5 Å². The fourth-order valence-electron chi connectivity index (χ4n) is 4.11. The topological polar surface area (TPSA) is 118 Å². The molecule has 9 heteroatoms. The van der Waals surface area contributed by atoms with E-state index in [1.807, 2.05) is 32.6 Å². The molecule has 3 rings (SSSR count). The van der Waals surface area contributed by atoms with Gasteiger partial charge in [-0.1, -0.05) is 13.0 Å². The summed E-state index contributed by atoms with van der Waals surface area (Å²) in [5.41, 5.74) is 5.30.